The van der Waals surface area contributed by atoms with Gasteiger partial charge in [0.2, 0.25) is 5.91 Å². The first-order chi connectivity index (χ1) is 9.28. The van der Waals surface area contributed by atoms with Crippen LogP contribution in [0.1, 0.15) is 47.0 Å². The van der Waals surface area contributed by atoms with Gasteiger partial charge in [-0.15, -0.1) is 0 Å². The van der Waals surface area contributed by atoms with Gasteiger partial charge in [0.15, 0.2) is 0 Å². The lowest BCUT2D eigenvalue weighted by molar-refractivity contribution is -0.124. The molecule has 1 rings (SSSR count). The Kier molecular flexibility index (Phi) is 5.97. The zero-order valence-electron chi connectivity index (χ0n) is 13.0. The van der Waals surface area contributed by atoms with E-state index in [4.69, 9.17) is 0 Å². The third-order valence-corrected chi connectivity index (χ3v) is 4.25. The van der Waals surface area contributed by atoms with E-state index in [-0.39, 0.29) is 24.0 Å². The molecule has 0 bridgehead atoms. The third-order valence-electron chi connectivity index (χ3n) is 4.25. The number of hydrogen-bond acceptors (Lipinski definition) is 4. The number of nitriles is 1. The summed E-state index contributed by atoms with van der Waals surface area (Å²) in [4.78, 5) is 14.3. The highest BCUT2D eigenvalue weighted by Gasteiger charge is 2.32. The lowest BCUT2D eigenvalue weighted by Gasteiger charge is -2.30. The molecular formula is C15H27N3O2. The molecule has 3 atom stereocenters. The van der Waals surface area contributed by atoms with Crippen molar-refractivity contribution in [2.75, 3.05) is 13.1 Å². The summed E-state index contributed by atoms with van der Waals surface area (Å²) >= 11 is 0. The molecule has 3 unspecified atom stereocenters. The Morgan fingerprint density at radius 3 is 2.70 bits per heavy atom. The zero-order chi connectivity index (χ0) is 15.3. The molecule has 1 amide bonds. The summed E-state index contributed by atoms with van der Waals surface area (Å²) in [5, 5.41) is 21.6. The average Bonchev–Trinajstić information content (AvgIpc) is 2.75. The van der Waals surface area contributed by atoms with E-state index in [1.54, 1.807) is 13.8 Å². The van der Waals surface area contributed by atoms with Gasteiger partial charge in [0.1, 0.15) is 5.54 Å². The lowest BCUT2D eigenvalue weighted by atomic mass is 9.90. The van der Waals surface area contributed by atoms with Crippen molar-refractivity contribution in [1.82, 2.24) is 10.2 Å². The van der Waals surface area contributed by atoms with Gasteiger partial charge in [-0.05, 0) is 45.6 Å². The van der Waals surface area contributed by atoms with Crippen LogP contribution in [0.4, 0.5) is 0 Å². The van der Waals surface area contributed by atoms with Crippen molar-refractivity contribution in [1.29, 1.82) is 5.26 Å². The van der Waals surface area contributed by atoms with E-state index in [2.05, 4.69) is 16.3 Å². The fraction of sp³-hybridized carbons (Fsp3) is 0.867. The Morgan fingerprint density at radius 2 is 2.20 bits per heavy atom. The van der Waals surface area contributed by atoms with Crippen LogP contribution in [0.2, 0.25) is 0 Å². The summed E-state index contributed by atoms with van der Waals surface area (Å²) in [6.07, 6.45) is 2.44. The van der Waals surface area contributed by atoms with Gasteiger partial charge in [-0.2, -0.15) is 5.26 Å². The number of aliphatic hydroxyl groups is 1. The molecule has 0 aromatic carbocycles. The van der Waals surface area contributed by atoms with E-state index < -0.39 is 5.54 Å². The van der Waals surface area contributed by atoms with Crippen molar-refractivity contribution in [3.8, 4) is 6.07 Å². The summed E-state index contributed by atoms with van der Waals surface area (Å²) in [7, 11) is 0. The minimum atomic E-state index is -0.823. The number of carbonyl (C=O) groups is 1. The van der Waals surface area contributed by atoms with Crippen LogP contribution in [0.5, 0.6) is 0 Å². The smallest absolute Gasteiger partial charge is 0.235 e. The van der Waals surface area contributed by atoms with Gasteiger partial charge in [0.25, 0.3) is 0 Å². The third kappa shape index (κ3) is 4.46. The SMILES string of the molecule is CC(O)CC1CCCN1CC(=O)NC(C)(C#N)C(C)C. The quantitative estimate of drug-likeness (QED) is 0.769. The van der Waals surface area contributed by atoms with Gasteiger partial charge < -0.3 is 10.4 Å². The molecule has 1 aliphatic rings. The number of amides is 1. The Morgan fingerprint density at radius 1 is 1.55 bits per heavy atom. The molecule has 2 N–H and O–H groups in total. The molecular weight excluding hydrogens is 254 g/mol. The minimum absolute atomic E-state index is 0.0586. The summed E-state index contributed by atoms with van der Waals surface area (Å²) in [5.74, 6) is -0.0523. The van der Waals surface area contributed by atoms with Crippen LogP contribution in [-0.4, -0.2) is 46.7 Å². The number of nitrogens with zero attached hydrogens (tertiary/aromatic N) is 2. The molecule has 5 heteroatoms. The van der Waals surface area contributed by atoms with Crippen LogP contribution in [0, 0.1) is 17.2 Å². The number of aliphatic hydroxyl groups excluding tert-OH is 1. The van der Waals surface area contributed by atoms with Crippen LogP contribution >= 0.6 is 0 Å². The minimum Gasteiger partial charge on any atom is -0.393 e. The van der Waals surface area contributed by atoms with Crippen molar-refractivity contribution < 1.29 is 9.90 Å². The maximum absolute atomic E-state index is 12.1. The van der Waals surface area contributed by atoms with E-state index in [0.29, 0.717) is 13.0 Å². The van der Waals surface area contributed by atoms with Crippen molar-refractivity contribution in [2.45, 2.75) is 64.6 Å². The number of carbonyl (C=O) groups excluding carboxylic acids is 1. The van der Waals surface area contributed by atoms with Crippen LogP contribution in [-0.2, 0) is 4.79 Å². The van der Waals surface area contributed by atoms with E-state index in [0.717, 1.165) is 19.4 Å². The normalized spacial score (nSPS) is 24.1. The second-order valence-electron chi connectivity index (χ2n) is 6.37. The molecule has 20 heavy (non-hydrogen) atoms. The van der Waals surface area contributed by atoms with Crippen molar-refractivity contribution in [3.05, 3.63) is 0 Å². The molecule has 0 spiro atoms. The second-order valence-corrected chi connectivity index (χ2v) is 6.37. The van der Waals surface area contributed by atoms with E-state index in [9.17, 15) is 15.2 Å². The summed E-state index contributed by atoms with van der Waals surface area (Å²) in [6.45, 7) is 8.58. The molecule has 0 aliphatic carbocycles. The average molecular weight is 281 g/mol. The van der Waals surface area contributed by atoms with Crippen molar-refractivity contribution in [2.24, 2.45) is 5.92 Å². The van der Waals surface area contributed by atoms with Crippen LogP contribution < -0.4 is 5.32 Å². The number of hydrogen-bond donors (Lipinski definition) is 2. The fourth-order valence-electron chi connectivity index (χ4n) is 2.58. The maximum Gasteiger partial charge on any atom is 0.235 e. The molecule has 0 aromatic heterocycles. The molecule has 1 saturated heterocycles. The first-order valence-corrected chi connectivity index (χ1v) is 7.43. The van der Waals surface area contributed by atoms with Gasteiger partial charge in [0.05, 0.1) is 18.7 Å². The van der Waals surface area contributed by atoms with Crippen LogP contribution in [0.3, 0.4) is 0 Å². The highest BCUT2D eigenvalue weighted by atomic mass is 16.3. The molecule has 1 aliphatic heterocycles. The van der Waals surface area contributed by atoms with Gasteiger partial charge in [0, 0.05) is 6.04 Å². The van der Waals surface area contributed by atoms with E-state index in [1.807, 2.05) is 13.8 Å². The first-order valence-electron chi connectivity index (χ1n) is 7.43. The zero-order valence-corrected chi connectivity index (χ0v) is 13.0. The predicted molar refractivity (Wildman–Crippen MR) is 77.9 cm³/mol. The highest BCUT2D eigenvalue weighted by molar-refractivity contribution is 5.79. The number of nitrogens with one attached hydrogen (secondary N) is 1. The first kappa shape index (κ1) is 16.9. The Hall–Kier alpha value is -1.12. The topological polar surface area (TPSA) is 76.4 Å². The highest BCUT2D eigenvalue weighted by Crippen LogP contribution is 2.21. The molecule has 0 radical (unpaired) electrons. The lowest BCUT2D eigenvalue weighted by Crippen LogP contribution is -2.52. The van der Waals surface area contributed by atoms with Crippen LogP contribution in [0.15, 0.2) is 0 Å². The Labute approximate surface area is 122 Å². The van der Waals surface area contributed by atoms with Gasteiger partial charge >= 0.3 is 0 Å². The largest absolute Gasteiger partial charge is 0.393 e. The Balaban J connectivity index is 2.56. The molecule has 5 nitrogen and oxygen atoms in total. The molecule has 1 fully saturated rings. The van der Waals surface area contributed by atoms with Gasteiger partial charge in [-0.25, -0.2) is 0 Å². The summed E-state index contributed by atoms with van der Waals surface area (Å²) < 4.78 is 0. The maximum atomic E-state index is 12.1. The van der Waals surface area contributed by atoms with Crippen molar-refractivity contribution in [3.63, 3.8) is 0 Å². The molecule has 1 heterocycles. The monoisotopic (exact) mass is 281 g/mol. The number of rotatable bonds is 6. The van der Waals surface area contributed by atoms with Gasteiger partial charge in [-0.3, -0.25) is 9.69 Å². The standard InChI is InChI=1S/C15H27N3O2/c1-11(2)15(4,10-16)17-14(20)9-18-7-5-6-13(18)8-12(3)19/h11-13,19H,5-9H2,1-4H3,(H,17,20). The van der Waals surface area contributed by atoms with Crippen LogP contribution in [0.25, 0.3) is 0 Å². The predicted octanol–water partition coefficient (Wildman–Crippen LogP) is 1.28. The fourth-order valence-corrected chi connectivity index (χ4v) is 2.58. The summed E-state index contributed by atoms with van der Waals surface area (Å²) in [5.41, 5.74) is -0.823. The number of likely N-dealkylation sites (tertiary alicyclic amines) is 1. The van der Waals surface area contributed by atoms with E-state index in [1.165, 1.54) is 0 Å². The Bertz CT molecular complexity index is 376. The second kappa shape index (κ2) is 7.05. The van der Waals surface area contributed by atoms with Gasteiger partial charge in [-0.1, -0.05) is 13.8 Å². The molecule has 0 saturated carbocycles. The van der Waals surface area contributed by atoms with Crippen molar-refractivity contribution >= 4 is 5.91 Å². The molecule has 114 valence electrons. The summed E-state index contributed by atoms with van der Waals surface area (Å²) in [6, 6.07) is 2.46. The molecule has 0 aromatic rings. The van der Waals surface area contributed by atoms with E-state index >= 15 is 0 Å².